The van der Waals surface area contributed by atoms with Gasteiger partial charge in [0, 0.05) is 6.54 Å². The van der Waals surface area contributed by atoms with E-state index in [0.717, 1.165) is 5.56 Å². The van der Waals surface area contributed by atoms with Crippen molar-refractivity contribution in [1.82, 2.24) is 10.3 Å². The number of nitrogens with zero attached hydrogens (tertiary/aromatic N) is 4. The molecule has 2 aromatic carbocycles. The van der Waals surface area contributed by atoms with E-state index >= 15 is 0 Å². The van der Waals surface area contributed by atoms with Crippen molar-refractivity contribution in [2.24, 2.45) is 4.99 Å². The molecule has 7 nitrogen and oxygen atoms in total. The second kappa shape index (κ2) is 8.15. The fourth-order valence-electron chi connectivity index (χ4n) is 2.74. The van der Waals surface area contributed by atoms with Crippen LogP contribution in [0.3, 0.4) is 0 Å². The van der Waals surface area contributed by atoms with Crippen LogP contribution < -0.4 is 10.4 Å². The fourth-order valence-corrected chi connectivity index (χ4v) is 2.74. The number of para-hydroxylation sites is 1. The first-order chi connectivity index (χ1) is 13.1. The van der Waals surface area contributed by atoms with Gasteiger partial charge in [0.25, 0.3) is 11.8 Å². The Balaban J connectivity index is 1.84. The van der Waals surface area contributed by atoms with E-state index in [1.807, 2.05) is 42.5 Å². The lowest BCUT2D eigenvalue weighted by molar-refractivity contribution is -0.124. The molecule has 1 aliphatic heterocycles. The predicted molar refractivity (Wildman–Crippen MR) is 101 cm³/mol. The molecule has 136 valence electrons. The zero-order valence-corrected chi connectivity index (χ0v) is 14.9. The number of amides is 2. The summed E-state index contributed by atoms with van der Waals surface area (Å²) in [5.41, 5.74) is 4.33. The summed E-state index contributed by atoms with van der Waals surface area (Å²) in [5, 5.41) is 10.4. The molecule has 3 rings (SSSR count). The second-order valence-electron chi connectivity index (χ2n) is 6.08. The van der Waals surface area contributed by atoms with Gasteiger partial charge in [-0.1, -0.05) is 48.5 Å². The molecule has 0 spiro atoms. The lowest BCUT2D eigenvalue weighted by atomic mass is 10.2. The van der Waals surface area contributed by atoms with E-state index in [4.69, 9.17) is 5.26 Å². The van der Waals surface area contributed by atoms with Crippen LogP contribution in [0.25, 0.3) is 0 Å². The first-order valence-electron chi connectivity index (χ1n) is 8.54. The molecule has 27 heavy (non-hydrogen) atoms. The van der Waals surface area contributed by atoms with Gasteiger partial charge in [0.2, 0.25) is 5.84 Å². The number of aliphatic imine (C=N–C) groups is 1. The molecule has 0 saturated heterocycles. The average Bonchev–Trinajstić information content (AvgIpc) is 2.70. The molecule has 7 heteroatoms. The number of benzene rings is 2. The van der Waals surface area contributed by atoms with Crippen molar-refractivity contribution in [3.05, 3.63) is 66.2 Å². The number of nitrogens with one attached hydrogen (secondary N) is 1. The normalized spacial score (nSPS) is 16.1. The summed E-state index contributed by atoms with van der Waals surface area (Å²) < 4.78 is 0. The highest BCUT2D eigenvalue weighted by atomic mass is 16.2. The largest absolute Gasteiger partial charge is 0.318 e. The van der Waals surface area contributed by atoms with Crippen molar-refractivity contribution in [2.45, 2.75) is 19.5 Å². The summed E-state index contributed by atoms with van der Waals surface area (Å²) in [6.45, 7) is 1.84. The van der Waals surface area contributed by atoms with Gasteiger partial charge in [0.05, 0.1) is 11.8 Å². The van der Waals surface area contributed by atoms with Gasteiger partial charge in [0.1, 0.15) is 12.6 Å². The smallest absolute Gasteiger partial charge is 0.291 e. The highest BCUT2D eigenvalue weighted by Gasteiger charge is 2.32. The lowest BCUT2D eigenvalue weighted by Gasteiger charge is -2.32. The summed E-state index contributed by atoms with van der Waals surface area (Å²) in [7, 11) is 0. The fraction of sp³-hybridized carbons (Fsp3) is 0.200. The highest BCUT2D eigenvalue weighted by Crippen LogP contribution is 2.16. The Morgan fingerprint density at radius 1 is 1.19 bits per heavy atom. The number of carbonyl (C=O) groups is 2. The van der Waals surface area contributed by atoms with Crippen molar-refractivity contribution >= 4 is 23.3 Å². The Labute approximate surface area is 157 Å². The van der Waals surface area contributed by atoms with Gasteiger partial charge in [-0.15, -0.1) is 0 Å². The lowest BCUT2D eigenvalue weighted by Crippen LogP contribution is -2.58. The number of anilines is 1. The van der Waals surface area contributed by atoms with Crippen LogP contribution in [0, 0.1) is 11.3 Å². The first-order valence-corrected chi connectivity index (χ1v) is 8.54. The molecule has 0 bridgehead atoms. The minimum absolute atomic E-state index is 0.0390. The molecule has 0 aliphatic carbocycles. The summed E-state index contributed by atoms with van der Waals surface area (Å²) in [4.78, 5) is 31.0. The molecular formula is C20H19N5O2. The van der Waals surface area contributed by atoms with Crippen LogP contribution in [0.5, 0.6) is 0 Å². The molecule has 1 heterocycles. The summed E-state index contributed by atoms with van der Waals surface area (Å²) in [5.74, 6) is -0.648. The maximum absolute atomic E-state index is 13.0. The zero-order valence-electron chi connectivity index (χ0n) is 14.9. The third-order valence-corrected chi connectivity index (χ3v) is 4.10. The topological polar surface area (TPSA) is 88.8 Å². The summed E-state index contributed by atoms with van der Waals surface area (Å²) in [6.07, 6.45) is 0. The van der Waals surface area contributed by atoms with E-state index in [9.17, 15) is 9.59 Å². The Morgan fingerprint density at radius 3 is 2.44 bits per heavy atom. The van der Waals surface area contributed by atoms with E-state index in [2.05, 4.69) is 10.4 Å². The number of hydrogen-bond acceptors (Lipinski definition) is 5. The standard InChI is InChI=1S/C20H19N5O2/c1-15-19(26)25(17-10-6-3-7-11-17)23-18(22-15)20(27)24(13-12-21)14-16-8-4-2-5-9-16/h2-11,15H,13-14H2,1H3,(H,22,23). The number of hydrazine groups is 1. The quantitative estimate of drug-likeness (QED) is 0.824. The minimum Gasteiger partial charge on any atom is -0.318 e. The van der Waals surface area contributed by atoms with Gasteiger partial charge in [-0.25, -0.2) is 10.0 Å². The van der Waals surface area contributed by atoms with Crippen molar-refractivity contribution in [2.75, 3.05) is 11.6 Å². The second-order valence-corrected chi connectivity index (χ2v) is 6.08. The van der Waals surface area contributed by atoms with Gasteiger partial charge in [-0.05, 0) is 24.6 Å². The van der Waals surface area contributed by atoms with E-state index in [1.54, 1.807) is 31.2 Å². The van der Waals surface area contributed by atoms with Crippen LogP contribution in [0.4, 0.5) is 5.69 Å². The van der Waals surface area contributed by atoms with Crippen LogP contribution >= 0.6 is 0 Å². The number of carbonyl (C=O) groups excluding carboxylic acids is 2. The molecule has 0 aromatic heterocycles. The van der Waals surface area contributed by atoms with Gasteiger partial charge >= 0.3 is 0 Å². The Morgan fingerprint density at radius 2 is 1.81 bits per heavy atom. The van der Waals surface area contributed by atoms with Crippen molar-refractivity contribution in [3.8, 4) is 6.07 Å². The molecule has 1 N–H and O–H groups in total. The van der Waals surface area contributed by atoms with Crippen LogP contribution in [0.15, 0.2) is 65.7 Å². The van der Waals surface area contributed by atoms with Gasteiger partial charge < -0.3 is 4.90 Å². The Hall–Kier alpha value is -3.66. The summed E-state index contributed by atoms with van der Waals surface area (Å²) >= 11 is 0. The molecule has 2 amide bonds. The SMILES string of the molecule is CC1N=C(C(=O)N(CC#N)Cc2ccccc2)NN(c2ccccc2)C1=O. The molecule has 0 fully saturated rings. The maximum Gasteiger partial charge on any atom is 0.291 e. The maximum atomic E-state index is 13.0. The van der Waals surface area contributed by atoms with E-state index in [0.29, 0.717) is 5.69 Å². The molecular weight excluding hydrogens is 342 g/mol. The third-order valence-electron chi connectivity index (χ3n) is 4.10. The number of rotatable bonds is 5. The highest BCUT2D eigenvalue weighted by molar-refractivity contribution is 6.39. The van der Waals surface area contributed by atoms with Crippen LogP contribution in [-0.4, -0.2) is 35.1 Å². The molecule has 1 aliphatic rings. The third kappa shape index (κ3) is 4.12. The van der Waals surface area contributed by atoms with Crippen molar-refractivity contribution in [1.29, 1.82) is 5.26 Å². The average molecular weight is 361 g/mol. The van der Waals surface area contributed by atoms with Crippen LogP contribution in [-0.2, 0) is 16.1 Å². The first kappa shape index (κ1) is 18.1. The summed E-state index contributed by atoms with van der Waals surface area (Å²) in [6, 6.07) is 19.7. The molecule has 1 atom stereocenters. The van der Waals surface area contributed by atoms with Gasteiger partial charge in [-0.3, -0.25) is 15.0 Å². The molecule has 2 aromatic rings. The van der Waals surface area contributed by atoms with Crippen LogP contribution in [0.1, 0.15) is 12.5 Å². The van der Waals surface area contributed by atoms with E-state index in [-0.39, 0.29) is 24.8 Å². The number of amidine groups is 1. The van der Waals surface area contributed by atoms with Gasteiger partial charge in [0.15, 0.2) is 0 Å². The predicted octanol–water partition coefficient (Wildman–Crippen LogP) is 1.88. The zero-order chi connectivity index (χ0) is 19.2. The molecule has 1 unspecified atom stereocenters. The monoisotopic (exact) mass is 361 g/mol. The number of hydrogen-bond donors (Lipinski definition) is 1. The van der Waals surface area contributed by atoms with E-state index < -0.39 is 11.9 Å². The van der Waals surface area contributed by atoms with Crippen molar-refractivity contribution < 1.29 is 9.59 Å². The van der Waals surface area contributed by atoms with Gasteiger partial charge in [-0.2, -0.15) is 5.26 Å². The molecule has 0 radical (unpaired) electrons. The Kier molecular flexibility index (Phi) is 5.47. The van der Waals surface area contributed by atoms with Crippen LogP contribution in [0.2, 0.25) is 0 Å². The Bertz CT molecular complexity index is 890. The molecule has 0 saturated carbocycles. The van der Waals surface area contributed by atoms with E-state index in [1.165, 1.54) is 9.91 Å². The number of nitriles is 1. The minimum atomic E-state index is -0.703. The van der Waals surface area contributed by atoms with Crippen molar-refractivity contribution in [3.63, 3.8) is 0 Å².